The summed E-state index contributed by atoms with van der Waals surface area (Å²) in [5.41, 5.74) is 10.0. The number of anilines is 3. The molecule has 9 rings (SSSR count). The average molecular weight is 562 g/mol. The van der Waals surface area contributed by atoms with Crippen LogP contribution in [0, 0.1) is 0 Å². The Kier molecular flexibility index (Phi) is 5.54. The molecule has 206 valence electrons. The first-order valence-electron chi connectivity index (χ1n) is 15.0. The topological polar surface area (TPSA) is 16.4 Å². The third kappa shape index (κ3) is 3.82. The number of hydrogen-bond acceptors (Lipinski definition) is 2. The van der Waals surface area contributed by atoms with Gasteiger partial charge >= 0.3 is 0 Å². The van der Waals surface area contributed by atoms with E-state index in [-0.39, 0.29) is 0 Å². The van der Waals surface area contributed by atoms with Gasteiger partial charge in [-0.1, -0.05) is 115 Å². The van der Waals surface area contributed by atoms with Crippen LogP contribution in [0.1, 0.15) is 0 Å². The molecule has 0 saturated heterocycles. The second-order valence-corrected chi connectivity index (χ2v) is 11.3. The van der Waals surface area contributed by atoms with Crippen molar-refractivity contribution in [2.45, 2.75) is 0 Å². The molecule has 2 heteroatoms. The van der Waals surface area contributed by atoms with E-state index in [9.17, 15) is 0 Å². The molecule has 1 aromatic heterocycles. The van der Waals surface area contributed by atoms with Crippen LogP contribution in [0.15, 0.2) is 168 Å². The van der Waals surface area contributed by atoms with Gasteiger partial charge in [0.1, 0.15) is 11.2 Å². The standard InChI is InChI=1S/C42H27NO/c1-4-11-28(12-5-1)29-19-21-32(22-20-29)43(31-15-8-3-9-16-31)33-23-24-35-36-17-10-18-38-41(36)42-39(44-38)26-25-34(40(42)37(35)27-33)30-13-6-2-7-14-30/h1-27H. The molecule has 0 unspecified atom stereocenters. The van der Waals surface area contributed by atoms with Gasteiger partial charge < -0.3 is 9.32 Å². The normalized spacial score (nSPS) is 11.6. The molecule has 0 spiro atoms. The predicted molar refractivity (Wildman–Crippen MR) is 185 cm³/mol. The number of rotatable bonds is 5. The molecule has 0 saturated carbocycles. The molecule has 0 fully saturated rings. The average Bonchev–Trinajstić information content (AvgIpc) is 3.49. The van der Waals surface area contributed by atoms with Gasteiger partial charge in [0.05, 0.1) is 0 Å². The van der Waals surface area contributed by atoms with Crippen molar-refractivity contribution in [1.82, 2.24) is 0 Å². The van der Waals surface area contributed by atoms with Crippen molar-refractivity contribution in [3.05, 3.63) is 164 Å². The lowest BCUT2D eigenvalue weighted by molar-refractivity contribution is 0.669. The molecule has 44 heavy (non-hydrogen) atoms. The van der Waals surface area contributed by atoms with Gasteiger partial charge in [0.15, 0.2) is 0 Å². The molecule has 0 radical (unpaired) electrons. The summed E-state index contributed by atoms with van der Waals surface area (Å²) in [7, 11) is 0. The van der Waals surface area contributed by atoms with Crippen LogP contribution in [0.3, 0.4) is 0 Å². The minimum atomic E-state index is 0.926. The van der Waals surface area contributed by atoms with Gasteiger partial charge in [0.25, 0.3) is 0 Å². The SMILES string of the molecule is c1ccc(-c2ccc(N(c3ccccc3)c3ccc4c(c3)c3c(-c5ccccc5)ccc5oc6cccc4c6c53)cc2)cc1. The van der Waals surface area contributed by atoms with Crippen molar-refractivity contribution >= 4 is 60.5 Å². The third-order valence-electron chi connectivity index (χ3n) is 8.82. The van der Waals surface area contributed by atoms with E-state index in [1.54, 1.807) is 0 Å². The van der Waals surface area contributed by atoms with Crippen LogP contribution in [0.2, 0.25) is 0 Å². The molecular weight excluding hydrogens is 534 g/mol. The van der Waals surface area contributed by atoms with Crippen LogP contribution >= 0.6 is 0 Å². The summed E-state index contributed by atoms with van der Waals surface area (Å²) >= 11 is 0. The highest BCUT2D eigenvalue weighted by Crippen LogP contribution is 2.47. The van der Waals surface area contributed by atoms with Gasteiger partial charge in [-0.2, -0.15) is 0 Å². The maximum atomic E-state index is 6.43. The summed E-state index contributed by atoms with van der Waals surface area (Å²) in [5, 5.41) is 7.29. The van der Waals surface area contributed by atoms with Gasteiger partial charge in [-0.15, -0.1) is 0 Å². The number of furan rings is 1. The lowest BCUT2D eigenvalue weighted by Gasteiger charge is -2.26. The zero-order valence-electron chi connectivity index (χ0n) is 23.9. The number of fused-ring (bicyclic) bond motifs is 3. The highest BCUT2D eigenvalue weighted by Gasteiger charge is 2.21. The Morgan fingerprint density at radius 3 is 1.70 bits per heavy atom. The van der Waals surface area contributed by atoms with E-state index in [1.165, 1.54) is 54.6 Å². The Bertz CT molecular complexity index is 2410. The highest BCUT2D eigenvalue weighted by molar-refractivity contribution is 6.35. The fourth-order valence-electron chi connectivity index (χ4n) is 6.84. The summed E-state index contributed by atoms with van der Waals surface area (Å²) in [5.74, 6) is 0. The highest BCUT2D eigenvalue weighted by atomic mass is 16.3. The van der Waals surface area contributed by atoms with Crippen LogP contribution in [-0.4, -0.2) is 0 Å². The van der Waals surface area contributed by atoms with E-state index in [1.807, 2.05) is 0 Å². The number of benzene rings is 8. The fourth-order valence-corrected chi connectivity index (χ4v) is 6.84. The van der Waals surface area contributed by atoms with E-state index in [2.05, 4.69) is 169 Å². The Labute approximate surface area is 255 Å². The number of nitrogens with zero attached hydrogens (tertiary/aromatic N) is 1. The number of hydrogen-bond donors (Lipinski definition) is 0. The zero-order valence-corrected chi connectivity index (χ0v) is 23.9. The molecule has 0 aliphatic heterocycles. The Balaban J connectivity index is 1.32. The zero-order chi connectivity index (χ0) is 29.0. The minimum absolute atomic E-state index is 0.926. The molecule has 0 amide bonds. The monoisotopic (exact) mass is 561 g/mol. The van der Waals surface area contributed by atoms with Crippen LogP contribution in [0.5, 0.6) is 0 Å². The summed E-state index contributed by atoms with van der Waals surface area (Å²) in [6.07, 6.45) is 0. The lowest BCUT2D eigenvalue weighted by Crippen LogP contribution is -2.09. The summed E-state index contributed by atoms with van der Waals surface area (Å²) < 4.78 is 6.43. The van der Waals surface area contributed by atoms with Crippen molar-refractivity contribution in [3.8, 4) is 22.3 Å². The molecule has 0 atom stereocenters. The molecule has 2 nitrogen and oxygen atoms in total. The van der Waals surface area contributed by atoms with E-state index >= 15 is 0 Å². The Hall–Kier alpha value is -5.86. The Morgan fingerprint density at radius 1 is 0.341 bits per heavy atom. The van der Waals surface area contributed by atoms with E-state index in [4.69, 9.17) is 4.42 Å². The van der Waals surface area contributed by atoms with Crippen LogP contribution in [-0.2, 0) is 0 Å². The minimum Gasteiger partial charge on any atom is -0.456 e. The van der Waals surface area contributed by atoms with Crippen molar-refractivity contribution in [1.29, 1.82) is 0 Å². The molecule has 0 bridgehead atoms. The quantitative estimate of drug-likeness (QED) is 0.194. The van der Waals surface area contributed by atoms with Gasteiger partial charge in [0, 0.05) is 33.2 Å². The van der Waals surface area contributed by atoms with Crippen molar-refractivity contribution in [3.63, 3.8) is 0 Å². The van der Waals surface area contributed by atoms with Gasteiger partial charge in [0.2, 0.25) is 0 Å². The largest absolute Gasteiger partial charge is 0.456 e. The van der Waals surface area contributed by atoms with Crippen LogP contribution in [0.4, 0.5) is 17.1 Å². The van der Waals surface area contributed by atoms with Crippen molar-refractivity contribution < 1.29 is 4.42 Å². The van der Waals surface area contributed by atoms with E-state index in [0.29, 0.717) is 0 Å². The first-order chi connectivity index (χ1) is 21.8. The van der Waals surface area contributed by atoms with Crippen molar-refractivity contribution in [2.24, 2.45) is 0 Å². The lowest BCUT2D eigenvalue weighted by atomic mass is 9.89. The first kappa shape index (κ1) is 24.7. The summed E-state index contributed by atoms with van der Waals surface area (Å²) in [6.45, 7) is 0. The molecule has 0 N–H and O–H groups in total. The molecule has 9 aromatic rings. The van der Waals surface area contributed by atoms with Crippen LogP contribution in [0.25, 0.3) is 65.7 Å². The number of para-hydroxylation sites is 1. The second-order valence-electron chi connectivity index (χ2n) is 11.3. The second kappa shape index (κ2) is 9.86. The maximum Gasteiger partial charge on any atom is 0.136 e. The van der Waals surface area contributed by atoms with Crippen molar-refractivity contribution in [2.75, 3.05) is 4.90 Å². The molecular formula is C42H27NO. The van der Waals surface area contributed by atoms with E-state index in [0.717, 1.165) is 28.2 Å². The van der Waals surface area contributed by atoms with Crippen LogP contribution < -0.4 is 4.90 Å². The summed E-state index contributed by atoms with van der Waals surface area (Å²) in [6, 6.07) is 58.4. The van der Waals surface area contributed by atoms with Gasteiger partial charge in [-0.25, -0.2) is 0 Å². The fraction of sp³-hybridized carbons (Fsp3) is 0. The van der Waals surface area contributed by atoms with E-state index < -0.39 is 0 Å². The Morgan fingerprint density at radius 2 is 0.955 bits per heavy atom. The van der Waals surface area contributed by atoms with Gasteiger partial charge in [-0.3, -0.25) is 0 Å². The maximum absolute atomic E-state index is 6.43. The first-order valence-corrected chi connectivity index (χ1v) is 15.0. The molecule has 0 aliphatic carbocycles. The summed E-state index contributed by atoms with van der Waals surface area (Å²) in [4.78, 5) is 2.35. The smallest absolute Gasteiger partial charge is 0.136 e. The molecule has 1 heterocycles. The van der Waals surface area contributed by atoms with Gasteiger partial charge in [-0.05, 0) is 86.9 Å². The molecule has 8 aromatic carbocycles. The predicted octanol–water partition coefficient (Wildman–Crippen LogP) is 12.1. The third-order valence-corrected chi connectivity index (χ3v) is 8.82. The molecule has 0 aliphatic rings.